The van der Waals surface area contributed by atoms with Crippen molar-refractivity contribution in [2.75, 3.05) is 20.6 Å². The summed E-state index contributed by atoms with van der Waals surface area (Å²) in [7, 11) is 4.27. The summed E-state index contributed by atoms with van der Waals surface area (Å²) in [6, 6.07) is 0. The van der Waals surface area contributed by atoms with Crippen molar-refractivity contribution >= 4 is 0 Å². The zero-order chi connectivity index (χ0) is 19.6. The number of fused-ring (bicyclic) bond motifs is 1. The van der Waals surface area contributed by atoms with Crippen LogP contribution < -0.4 is 0 Å². The molecule has 3 nitrogen and oxygen atoms in total. The van der Waals surface area contributed by atoms with E-state index in [4.69, 9.17) is 0 Å². The molecule has 27 heavy (non-hydrogen) atoms. The van der Waals surface area contributed by atoms with Crippen LogP contribution in [0.15, 0.2) is 23.8 Å². The minimum absolute atomic E-state index is 0.0179. The first kappa shape index (κ1) is 22.6. The monoisotopic (exact) mass is 377 g/mol. The SMILES string of the molecule is CCCCCCC=C[C@H](O)[C@@H]1[C@H]2CC(CCCCCN(C)C)=C[C@H]2C[C@H]1O. The van der Waals surface area contributed by atoms with Gasteiger partial charge in [0.1, 0.15) is 0 Å². The predicted octanol–water partition coefficient (Wildman–Crippen LogP) is 4.94. The molecule has 2 aliphatic carbocycles. The minimum Gasteiger partial charge on any atom is -0.393 e. The quantitative estimate of drug-likeness (QED) is 0.353. The summed E-state index contributed by atoms with van der Waals surface area (Å²) in [6.07, 6.45) is 18.7. The molecule has 5 atom stereocenters. The van der Waals surface area contributed by atoms with E-state index in [2.05, 4.69) is 38.1 Å². The lowest BCUT2D eigenvalue weighted by atomic mass is 9.85. The van der Waals surface area contributed by atoms with Crippen LogP contribution in [0, 0.1) is 17.8 Å². The average Bonchev–Trinajstić information content (AvgIpc) is 3.13. The second kappa shape index (κ2) is 12.0. The number of unbranched alkanes of at least 4 members (excludes halogenated alkanes) is 6. The Morgan fingerprint density at radius 1 is 1.15 bits per heavy atom. The number of hydrogen-bond donors (Lipinski definition) is 2. The van der Waals surface area contributed by atoms with Crippen LogP contribution in [-0.2, 0) is 0 Å². The van der Waals surface area contributed by atoms with Crippen molar-refractivity contribution in [1.82, 2.24) is 4.90 Å². The van der Waals surface area contributed by atoms with Crippen molar-refractivity contribution in [2.24, 2.45) is 17.8 Å². The van der Waals surface area contributed by atoms with E-state index in [0.29, 0.717) is 11.8 Å². The molecule has 0 bridgehead atoms. The van der Waals surface area contributed by atoms with Crippen LogP contribution in [0.4, 0.5) is 0 Å². The van der Waals surface area contributed by atoms with E-state index >= 15 is 0 Å². The third kappa shape index (κ3) is 7.36. The molecule has 0 aromatic rings. The van der Waals surface area contributed by atoms with Gasteiger partial charge in [-0.25, -0.2) is 0 Å². The molecule has 0 radical (unpaired) electrons. The Bertz CT molecular complexity index is 471. The van der Waals surface area contributed by atoms with Gasteiger partial charge in [-0.05, 0) is 77.4 Å². The van der Waals surface area contributed by atoms with E-state index < -0.39 is 6.10 Å². The lowest BCUT2D eigenvalue weighted by Gasteiger charge is -2.25. The van der Waals surface area contributed by atoms with Gasteiger partial charge in [0.2, 0.25) is 0 Å². The van der Waals surface area contributed by atoms with Gasteiger partial charge in [-0.1, -0.05) is 56.4 Å². The maximum atomic E-state index is 10.7. The normalized spacial score (nSPS) is 28.9. The highest BCUT2D eigenvalue weighted by atomic mass is 16.3. The van der Waals surface area contributed by atoms with Gasteiger partial charge in [0.05, 0.1) is 12.2 Å². The Kier molecular flexibility index (Phi) is 10.1. The van der Waals surface area contributed by atoms with Crippen LogP contribution in [0.25, 0.3) is 0 Å². The minimum atomic E-state index is -0.492. The second-order valence-corrected chi connectivity index (χ2v) is 9.12. The molecule has 1 saturated carbocycles. The van der Waals surface area contributed by atoms with Gasteiger partial charge in [0.25, 0.3) is 0 Å². The molecule has 0 spiro atoms. The fraction of sp³-hybridized carbons (Fsp3) is 0.833. The van der Waals surface area contributed by atoms with Gasteiger partial charge >= 0.3 is 0 Å². The predicted molar refractivity (Wildman–Crippen MR) is 115 cm³/mol. The highest BCUT2D eigenvalue weighted by Gasteiger charge is 2.46. The van der Waals surface area contributed by atoms with Gasteiger partial charge in [0, 0.05) is 5.92 Å². The van der Waals surface area contributed by atoms with Gasteiger partial charge in [0.15, 0.2) is 0 Å². The number of aliphatic hydroxyl groups excluding tert-OH is 2. The number of nitrogens with zero attached hydrogens (tertiary/aromatic N) is 1. The van der Waals surface area contributed by atoms with E-state index in [-0.39, 0.29) is 12.0 Å². The maximum Gasteiger partial charge on any atom is 0.0776 e. The molecule has 0 aliphatic heterocycles. The van der Waals surface area contributed by atoms with Crippen LogP contribution in [-0.4, -0.2) is 48.0 Å². The Morgan fingerprint density at radius 2 is 1.93 bits per heavy atom. The average molecular weight is 378 g/mol. The van der Waals surface area contributed by atoms with Crippen LogP contribution in [0.5, 0.6) is 0 Å². The summed E-state index contributed by atoms with van der Waals surface area (Å²) >= 11 is 0. The summed E-state index contributed by atoms with van der Waals surface area (Å²) in [5.74, 6) is 0.940. The molecule has 2 aliphatic rings. The molecule has 1 fully saturated rings. The number of aliphatic hydroxyl groups is 2. The molecule has 0 aromatic carbocycles. The molecule has 0 heterocycles. The van der Waals surface area contributed by atoms with Gasteiger partial charge in [-0.2, -0.15) is 0 Å². The summed E-state index contributed by atoms with van der Waals surface area (Å²) in [5, 5.41) is 21.2. The Morgan fingerprint density at radius 3 is 2.67 bits per heavy atom. The number of allylic oxidation sites excluding steroid dienone is 3. The van der Waals surface area contributed by atoms with E-state index in [1.54, 1.807) is 5.57 Å². The first-order valence-electron chi connectivity index (χ1n) is 11.4. The molecule has 0 aromatic heterocycles. The molecular formula is C24H43NO2. The largest absolute Gasteiger partial charge is 0.393 e. The maximum absolute atomic E-state index is 10.7. The van der Waals surface area contributed by atoms with Crippen LogP contribution in [0.2, 0.25) is 0 Å². The lowest BCUT2D eigenvalue weighted by molar-refractivity contribution is 0.0367. The number of hydrogen-bond acceptors (Lipinski definition) is 3. The van der Waals surface area contributed by atoms with Crippen LogP contribution in [0.3, 0.4) is 0 Å². The first-order valence-corrected chi connectivity index (χ1v) is 11.4. The van der Waals surface area contributed by atoms with Gasteiger partial charge in [-0.3, -0.25) is 0 Å². The molecule has 3 heteroatoms. The molecule has 2 N–H and O–H groups in total. The smallest absolute Gasteiger partial charge is 0.0776 e. The fourth-order valence-corrected chi connectivity index (χ4v) is 5.01. The first-order chi connectivity index (χ1) is 13.0. The van der Waals surface area contributed by atoms with Crippen molar-refractivity contribution in [3.8, 4) is 0 Å². The summed E-state index contributed by atoms with van der Waals surface area (Å²) in [5.41, 5.74) is 1.57. The molecule has 0 saturated heterocycles. The summed E-state index contributed by atoms with van der Waals surface area (Å²) in [6.45, 7) is 3.40. The van der Waals surface area contributed by atoms with Crippen molar-refractivity contribution in [3.05, 3.63) is 23.8 Å². The Balaban J connectivity index is 1.73. The zero-order valence-corrected chi connectivity index (χ0v) is 17.9. The lowest BCUT2D eigenvalue weighted by Crippen LogP contribution is -2.30. The zero-order valence-electron chi connectivity index (χ0n) is 17.9. The fourth-order valence-electron chi connectivity index (χ4n) is 5.01. The van der Waals surface area contributed by atoms with Crippen LogP contribution in [0.1, 0.15) is 77.6 Å². The van der Waals surface area contributed by atoms with Crippen molar-refractivity contribution in [2.45, 2.75) is 89.8 Å². The van der Waals surface area contributed by atoms with Crippen molar-refractivity contribution < 1.29 is 10.2 Å². The highest BCUT2D eigenvalue weighted by Crippen LogP contribution is 2.49. The van der Waals surface area contributed by atoms with E-state index in [1.807, 2.05) is 6.08 Å². The highest BCUT2D eigenvalue weighted by molar-refractivity contribution is 5.20. The van der Waals surface area contributed by atoms with E-state index in [0.717, 1.165) is 19.3 Å². The molecule has 2 rings (SSSR count). The van der Waals surface area contributed by atoms with Crippen molar-refractivity contribution in [1.29, 1.82) is 0 Å². The Labute approximate surface area is 167 Å². The van der Waals surface area contributed by atoms with Crippen LogP contribution >= 0.6 is 0 Å². The molecule has 0 amide bonds. The second-order valence-electron chi connectivity index (χ2n) is 9.12. The molecule has 0 unspecified atom stereocenters. The van der Waals surface area contributed by atoms with E-state index in [1.165, 1.54) is 57.9 Å². The summed E-state index contributed by atoms with van der Waals surface area (Å²) < 4.78 is 0. The topological polar surface area (TPSA) is 43.7 Å². The molecular weight excluding hydrogens is 334 g/mol. The van der Waals surface area contributed by atoms with Gasteiger partial charge in [-0.15, -0.1) is 0 Å². The number of rotatable bonds is 13. The Hall–Kier alpha value is -0.640. The van der Waals surface area contributed by atoms with Crippen molar-refractivity contribution in [3.63, 3.8) is 0 Å². The van der Waals surface area contributed by atoms with E-state index in [9.17, 15) is 10.2 Å². The standard InChI is InChI=1S/C24H43NO2/c1-4-5-6-7-8-11-14-22(26)24-21-17-19(16-20(21)18-23(24)27)13-10-9-12-15-25(2)3/h11,14,16,20-24,26-27H,4-10,12-13,15,17-18H2,1-3H3/t20-,21-,22-,23+,24-/m0/s1. The third-order valence-electron chi connectivity index (χ3n) is 6.51. The van der Waals surface area contributed by atoms with Gasteiger partial charge < -0.3 is 15.1 Å². The summed E-state index contributed by atoms with van der Waals surface area (Å²) in [4.78, 5) is 2.25. The molecule has 156 valence electrons. The third-order valence-corrected chi connectivity index (χ3v) is 6.51.